The Balaban J connectivity index is 0.000000255. The van der Waals surface area contributed by atoms with Crippen molar-refractivity contribution in [2.45, 2.75) is 51.4 Å². The van der Waals surface area contributed by atoms with Crippen molar-refractivity contribution in [2.24, 2.45) is 0 Å². The van der Waals surface area contributed by atoms with Crippen LogP contribution in [0.2, 0.25) is 0 Å². The molecule has 0 saturated heterocycles. The molecule has 5 rings (SSSR count). The molecule has 158 valence electrons. The van der Waals surface area contributed by atoms with Crippen LogP contribution in [0.5, 0.6) is 0 Å². The zero-order valence-electron chi connectivity index (χ0n) is 16.8. The number of hydrogen-bond donors (Lipinski definition) is 0. The monoisotopic (exact) mass is 642 g/mol. The van der Waals surface area contributed by atoms with E-state index in [9.17, 15) is 0 Å². The summed E-state index contributed by atoms with van der Waals surface area (Å²) in [4.78, 5) is 0. The second-order valence-corrected chi connectivity index (χ2v) is 10.8. The molecule has 0 spiro atoms. The number of hydrogen-bond acceptors (Lipinski definition) is 0. The van der Waals surface area contributed by atoms with Gasteiger partial charge in [-0.15, -0.1) is 27.9 Å². The van der Waals surface area contributed by atoms with E-state index in [2.05, 4.69) is 74.3 Å². The average Bonchev–Trinajstić information content (AvgIpc) is 3.31. The van der Waals surface area contributed by atoms with Gasteiger partial charge in [-0.3, -0.25) is 6.08 Å². The van der Waals surface area contributed by atoms with E-state index in [0.29, 0.717) is 0 Å². The Morgan fingerprint density at radius 1 is 0.867 bits per heavy atom. The molecule has 5 heteroatoms. The van der Waals surface area contributed by atoms with E-state index in [1.165, 1.54) is 60.8 Å². The summed E-state index contributed by atoms with van der Waals surface area (Å²) in [6.45, 7) is 0. The standard InChI is InChI=1S/C13H7Br2.C7H12.C5H5.2ClH.Zr/c14-10-3-1-8-5-9-2-4-11(15)7-13(9)12(8)6-10;1-2-4-6-7-5-3-1;1-2-4-5-3-1;;;/h1,3-4,6-7H,5H2;1-6H2;1-3H,4H2;2*1H;/q-1;;-1;;;+2/p-2. The molecule has 0 atom stereocenters. The van der Waals surface area contributed by atoms with Crippen LogP contribution in [-0.2, 0) is 30.7 Å². The van der Waals surface area contributed by atoms with Crippen LogP contribution in [0.1, 0.15) is 56.1 Å². The van der Waals surface area contributed by atoms with Crippen LogP contribution < -0.4 is 24.8 Å². The summed E-state index contributed by atoms with van der Waals surface area (Å²) in [5, 5.41) is 0. The van der Waals surface area contributed by atoms with Crippen LogP contribution >= 0.6 is 31.9 Å². The molecule has 0 heterocycles. The van der Waals surface area contributed by atoms with Gasteiger partial charge in [0.1, 0.15) is 0 Å². The van der Waals surface area contributed by atoms with Gasteiger partial charge in [-0.1, -0.05) is 38.1 Å². The molecule has 0 nitrogen and oxygen atoms in total. The maximum absolute atomic E-state index is 3.51. The summed E-state index contributed by atoms with van der Waals surface area (Å²) in [6, 6.07) is 13.9. The molecule has 3 aliphatic carbocycles. The van der Waals surface area contributed by atoms with Gasteiger partial charge in [0, 0.05) is 4.47 Å². The molecule has 3 aliphatic rings. The summed E-state index contributed by atoms with van der Waals surface area (Å²) < 4.78 is 4.04. The molecule has 0 radical (unpaired) electrons. The molecule has 1 fully saturated rings. The summed E-state index contributed by atoms with van der Waals surface area (Å²) in [7, 11) is 0. The Hall–Kier alpha value is 0.213. The molecule has 0 N–H and O–H groups in total. The first-order chi connectivity index (χ1) is 13.6. The van der Waals surface area contributed by atoms with Crippen molar-refractivity contribution in [1.29, 1.82) is 0 Å². The van der Waals surface area contributed by atoms with Gasteiger partial charge >= 0.3 is 66.0 Å². The second kappa shape index (κ2) is 15.1. The van der Waals surface area contributed by atoms with E-state index < -0.39 is 0 Å². The van der Waals surface area contributed by atoms with Gasteiger partial charge in [-0.05, 0) is 18.1 Å². The Morgan fingerprint density at radius 2 is 1.57 bits per heavy atom. The normalized spacial score (nSPS) is 15.3. The van der Waals surface area contributed by atoms with Crippen molar-refractivity contribution in [1.82, 2.24) is 0 Å². The van der Waals surface area contributed by atoms with Crippen LogP contribution in [0.25, 0.3) is 11.1 Å². The molecular formula is C25H24Br2Cl2Zr-2. The number of halogens is 4. The van der Waals surface area contributed by atoms with Crippen molar-refractivity contribution in [3.8, 4) is 11.1 Å². The topological polar surface area (TPSA) is 0 Å². The SMILES string of the molecule is Brc1c[c-]c2c(c1)-c1cc(Br)ccc1C2.[C-]1=CC=CC1.[Cl-].[Cl-].[Zr+2]=[C]1CCCCCC1. The van der Waals surface area contributed by atoms with E-state index in [1.54, 1.807) is 24.2 Å². The Kier molecular flexibility index (Phi) is 14.2. The van der Waals surface area contributed by atoms with Gasteiger partial charge in [-0.25, -0.2) is 12.2 Å². The fraction of sp³-hybridized carbons (Fsp3) is 0.320. The van der Waals surface area contributed by atoms with E-state index in [0.717, 1.165) is 21.8 Å². The first kappa shape index (κ1) is 28.2. The van der Waals surface area contributed by atoms with Crippen LogP contribution in [0, 0.1) is 12.1 Å². The minimum atomic E-state index is 0. The summed E-state index contributed by atoms with van der Waals surface area (Å²) in [5.41, 5.74) is 5.33. The summed E-state index contributed by atoms with van der Waals surface area (Å²) in [6.07, 6.45) is 19.8. The summed E-state index contributed by atoms with van der Waals surface area (Å²) >= 11 is 8.70. The molecule has 1 saturated carbocycles. The molecular weight excluding hydrogens is 622 g/mol. The number of fused-ring (bicyclic) bond motifs is 3. The molecule has 0 aliphatic heterocycles. The van der Waals surface area contributed by atoms with Gasteiger partial charge in [0.2, 0.25) is 0 Å². The zero-order chi connectivity index (χ0) is 19.8. The predicted molar refractivity (Wildman–Crippen MR) is 123 cm³/mol. The predicted octanol–water partition coefficient (Wildman–Crippen LogP) is 1.96. The third-order valence-corrected chi connectivity index (χ3v) is 7.19. The fourth-order valence-corrected chi connectivity index (χ4v) is 5.10. The van der Waals surface area contributed by atoms with Crippen molar-refractivity contribution in [3.05, 3.63) is 80.8 Å². The van der Waals surface area contributed by atoms with Crippen molar-refractivity contribution >= 4 is 35.1 Å². The molecule has 0 aromatic heterocycles. The van der Waals surface area contributed by atoms with Crippen molar-refractivity contribution in [3.63, 3.8) is 0 Å². The van der Waals surface area contributed by atoms with Crippen molar-refractivity contribution in [2.75, 3.05) is 0 Å². The Labute approximate surface area is 225 Å². The van der Waals surface area contributed by atoms with Gasteiger partial charge in [-0.2, -0.15) is 29.8 Å². The van der Waals surface area contributed by atoms with Crippen molar-refractivity contribution < 1.29 is 49.0 Å². The quantitative estimate of drug-likeness (QED) is 0.259. The van der Waals surface area contributed by atoms with Gasteiger partial charge in [0.15, 0.2) is 0 Å². The molecule has 0 unspecified atom stereocenters. The number of rotatable bonds is 0. The third-order valence-electron chi connectivity index (χ3n) is 5.01. The minimum absolute atomic E-state index is 0. The van der Waals surface area contributed by atoms with Crippen LogP contribution in [0.3, 0.4) is 0 Å². The zero-order valence-corrected chi connectivity index (χ0v) is 23.9. The van der Waals surface area contributed by atoms with Crippen LogP contribution in [0.15, 0.2) is 57.5 Å². The molecule has 0 bridgehead atoms. The first-order valence-electron chi connectivity index (χ1n) is 9.90. The Bertz CT molecular complexity index is 821. The first-order valence-corrected chi connectivity index (χ1v) is 12.7. The van der Waals surface area contributed by atoms with Crippen LogP contribution in [0.4, 0.5) is 0 Å². The summed E-state index contributed by atoms with van der Waals surface area (Å²) in [5.74, 6) is 0. The van der Waals surface area contributed by atoms with E-state index in [-0.39, 0.29) is 24.8 Å². The third kappa shape index (κ3) is 8.99. The van der Waals surface area contributed by atoms with Crippen LogP contribution in [-0.4, -0.2) is 3.21 Å². The van der Waals surface area contributed by atoms with Gasteiger partial charge in [0.25, 0.3) is 0 Å². The van der Waals surface area contributed by atoms with E-state index >= 15 is 0 Å². The molecule has 0 amide bonds. The number of allylic oxidation sites excluding steroid dienone is 4. The second-order valence-electron chi connectivity index (χ2n) is 7.21. The fourth-order valence-electron chi connectivity index (χ4n) is 3.53. The van der Waals surface area contributed by atoms with E-state index in [4.69, 9.17) is 0 Å². The maximum atomic E-state index is 3.51. The Morgan fingerprint density at radius 3 is 2.17 bits per heavy atom. The number of benzene rings is 2. The van der Waals surface area contributed by atoms with E-state index in [1.807, 2.05) is 21.4 Å². The molecule has 2 aromatic rings. The van der Waals surface area contributed by atoms with Gasteiger partial charge in [0.05, 0.1) is 0 Å². The molecule has 30 heavy (non-hydrogen) atoms. The van der Waals surface area contributed by atoms with Gasteiger partial charge < -0.3 is 24.8 Å². The molecule has 2 aromatic carbocycles. The average molecular weight is 646 g/mol.